The first kappa shape index (κ1) is 17.5. The first-order valence-electron chi connectivity index (χ1n) is 9.56. The van der Waals surface area contributed by atoms with Crippen molar-refractivity contribution in [2.24, 2.45) is 0 Å². The second-order valence-corrected chi connectivity index (χ2v) is 19.6. The van der Waals surface area contributed by atoms with Crippen molar-refractivity contribution in [3.63, 3.8) is 0 Å². The summed E-state index contributed by atoms with van der Waals surface area (Å²) in [5.41, 5.74) is 0. The van der Waals surface area contributed by atoms with Gasteiger partial charge in [-0.1, -0.05) is 110 Å². The maximum Gasteiger partial charge on any atom is 0.0774 e. The number of rotatable bonds is 2. The van der Waals surface area contributed by atoms with Crippen LogP contribution in [0.1, 0.15) is 0 Å². The van der Waals surface area contributed by atoms with Gasteiger partial charge < -0.3 is 0 Å². The fourth-order valence-electron chi connectivity index (χ4n) is 4.19. The lowest BCUT2D eigenvalue weighted by molar-refractivity contribution is 1.70. The van der Waals surface area contributed by atoms with Crippen molar-refractivity contribution in [2.75, 3.05) is 0 Å². The molecule has 26 heavy (non-hydrogen) atoms. The van der Waals surface area contributed by atoms with Crippen LogP contribution in [0.4, 0.5) is 0 Å². The van der Waals surface area contributed by atoms with Gasteiger partial charge in [0.2, 0.25) is 0 Å². The number of benzene rings is 4. The first-order valence-corrected chi connectivity index (χ1v) is 16.6. The van der Waals surface area contributed by atoms with Crippen molar-refractivity contribution < 1.29 is 0 Å². The summed E-state index contributed by atoms with van der Waals surface area (Å²) >= 11 is 0. The van der Waals surface area contributed by atoms with Crippen LogP contribution in [0, 0.1) is 0 Å². The molecule has 0 amide bonds. The van der Waals surface area contributed by atoms with Gasteiger partial charge in [0.1, 0.15) is 0 Å². The van der Waals surface area contributed by atoms with Crippen LogP contribution in [-0.4, -0.2) is 16.1 Å². The van der Waals surface area contributed by atoms with Gasteiger partial charge in [-0.05, 0) is 32.3 Å². The highest BCUT2D eigenvalue weighted by Gasteiger charge is 2.28. The molecule has 0 atom stereocenters. The Morgan fingerprint density at radius 1 is 0.423 bits per heavy atom. The van der Waals surface area contributed by atoms with E-state index in [9.17, 15) is 0 Å². The van der Waals surface area contributed by atoms with Gasteiger partial charge in [-0.2, -0.15) is 0 Å². The Balaban J connectivity index is 2.30. The lowest BCUT2D eigenvalue weighted by Crippen LogP contribution is -2.56. The van der Waals surface area contributed by atoms with Gasteiger partial charge in [-0.15, -0.1) is 0 Å². The lowest BCUT2D eigenvalue weighted by Gasteiger charge is -2.29. The summed E-state index contributed by atoms with van der Waals surface area (Å²) in [4.78, 5) is 0. The normalized spacial score (nSPS) is 13.0. The predicted octanol–water partition coefficient (Wildman–Crippen LogP) is 6.24. The van der Waals surface area contributed by atoms with Gasteiger partial charge in [0, 0.05) is 0 Å². The topological polar surface area (TPSA) is 0 Å². The average molecular weight is 373 g/mol. The minimum absolute atomic E-state index is 1.37. The molecule has 0 aromatic heterocycles. The highest BCUT2D eigenvalue weighted by atomic mass is 28.3. The molecule has 0 radical (unpaired) electrons. The molecule has 0 saturated heterocycles. The van der Waals surface area contributed by atoms with E-state index in [1.807, 2.05) is 0 Å². The van der Waals surface area contributed by atoms with Crippen molar-refractivity contribution in [1.82, 2.24) is 0 Å². The molecule has 0 unspecified atom stereocenters. The fourth-order valence-corrected chi connectivity index (χ4v) is 9.36. The molecular formula is C24H28Si2. The Labute approximate surface area is 158 Å². The van der Waals surface area contributed by atoms with E-state index >= 15 is 0 Å². The summed E-state index contributed by atoms with van der Waals surface area (Å²) in [7, 11) is -2.85. The van der Waals surface area contributed by atoms with Gasteiger partial charge in [0.25, 0.3) is 0 Å². The van der Waals surface area contributed by atoms with E-state index < -0.39 is 16.1 Å². The molecule has 0 fully saturated rings. The summed E-state index contributed by atoms with van der Waals surface area (Å²) in [6, 6.07) is 22.9. The molecule has 0 aliphatic carbocycles. The summed E-state index contributed by atoms with van der Waals surface area (Å²) in [5, 5.41) is 11.7. The van der Waals surface area contributed by atoms with E-state index in [1.165, 1.54) is 32.3 Å². The van der Waals surface area contributed by atoms with Crippen molar-refractivity contribution in [3.8, 4) is 0 Å². The molecule has 0 nitrogen and oxygen atoms in total. The second kappa shape index (κ2) is 5.80. The van der Waals surface area contributed by atoms with Gasteiger partial charge in [0.15, 0.2) is 0 Å². The van der Waals surface area contributed by atoms with E-state index in [-0.39, 0.29) is 0 Å². The molecule has 0 bridgehead atoms. The van der Waals surface area contributed by atoms with Crippen LogP contribution >= 0.6 is 0 Å². The molecule has 132 valence electrons. The predicted molar refractivity (Wildman–Crippen MR) is 125 cm³/mol. The SMILES string of the molecule is C[Si](C)(C)c1cc2c3ccccc3c3ccccc3c2cc1[Si](C)(C)C. The molecule has 0 aliphatic rings. The molecular weight excluding hydrogens is 344 g/mol. The van der Waals surface area contributed by atoms with Gasteiger partial charge >= 0.3 is 0 Å². The maximum atomic E-state index is 2.56. The van der Waals surface area contributed by atoms with Gasteiger partial charge in [0.05, 0.1) is 16.1 Å². The third-order valence-electron chi connectivity index (χ3n) is 5.50. The van der Waals surface area contributed by atoms with Crippen LogP contribution in [0.25, 0.3) is 32.3 Å². The quantitative estimate of drug-likeness (QED) is 0.289. The summed E-state index contributed by atoms with van der Waals surface area (Å²) in [5.74, 6) is 0. The van der Waals surface area contributed by atoms with E-state index in [0.717, 1.165) is 0 Å². The smallest absolute Gasteiger partial charge is 0.0656 e. The highest BCUT2D eigenvalue weighted by molar-refractivity contribution is 6.98. The zero-order chi connectivity index (χ0) is 18.7. The third kappa shape index (κ3) is 2.72. The van der Waals surface area contributed by atoms with E-state index in [0.29, 0.717) is 0 Å². The molecule has 4 aromatic carbocycles. The zero-order valence-electron chi connectivity index (χ0n) is 16.8. The minimum atomic E-state index is -1.43. The minimum Gasteiger partial charge on any atom is -0.0656 e. The molecule has 0 saturated carbocycles. The van der Waals surface area contributed by atoms with E-state index in [4.69, 9.17) is 0 Å². The van der Waals surface area contributed by atoms with Gasteiger partial charge in [-0.3, -0.25) is 0 Å². The Bertz CT molecular complexity index is 1050. The molecule has 0 N–H and O–H groups in total. The van der Waals surface area contributed by atoms with Crippen LogP contribution in [0.5, 0.6) is 0 Å². The monoisotopic (exact) mass is 372 g/mol. The molecule has 0 heterocycles. The third-order valence-corrected chi connectivity index (χ3v) is 9.81. The summed E-state index contributed by atoms with van der Waals surface area (Å²) < 4.78 is 0. The Morgan fingerprint density at radius 3 is 0.962 bits per heavy atom. The number of fused-ring (bicyclic) bond motifs is 6. The average Bonchev–Trinajstić information content (AvgIpc) is 2.59. The molecule has 4 aromatic rings. The standard InChI is InChI=1S/C24H28Si2/c1-25(2,3)23-15-21-19-13-9-7-11-17(19)18-12-8-10-14-20(18)22(21)16-24(23)26(4,5)6/h7-16H,1-6H3. The van der Waals surface area contributed by atoms with Crippen molar-refractivity contribution in [2.45, 2.75) is 39.3 Å². The van der Waals surface area contributed by atoms with Crippen LogP contribution in [0.15, 0.2) is 60.7 Å². The van der Waals surface area contributed by atoms with Crippen LogP contribution in [-0.2, 0) is 0 Å². The van der Waals surface area contributed by atoms with Crippen molar-refractivity contribution in [3.05, 3.63) is 60.7 Å². The van der Waals surface area contributed by atoms with Crippen molar-refractivity contribution in [1.29, 1.82) is 0 Å². The molecule has 2 heteroatoms. The largest absolute Gasteiger partial charge is 0.0774 e. The number of hydrogen-bond donors (Lipinski definition) is 0. The summed E-state index contributed by atoms with van der Waals surface area (Å²) in [6.07, 6.45) is 0. The number of hydrogen-bond acceptors (Lipinski definition) is 0. The summed E-state index contributed by atoms with van der Waals surface area (Å²) in [6.45, 7) is 14.9. The fraction of sp³-hybridized carbons (Fsp3) is 0.250. The maximum absolute atomic E-state index is 2.56. The first-order chi connectivity index (χ1) is 12.2. The van der Waals surface area contributed by atoms with E-state index in [2.05, 4.69) is 99.9 Å². The molecule has 0 aliphatic heterocycles. The second-order valence-electron chi connectivity index (χ2n) is 9.53. The highest BCUT2D eigenvalue weighted by Crippen LogP contribution is 2.34. The van der Waals surface area contributed by atoms with Crippen LogP contribution in [0.2, 0.25) is 39.3 Å². The van der Waals surface area contributed by atoms with Crippen LogP contribution in [0.3, 0.4) is 0 Å². The zero-order valence-corrected chi connectivity index (χ0v) is 18.8. The Kier molecular flexibility index (Phi) is 3.90. The molecule has 0 spiro atoms. The Morgan fingerprint density at radius 2 is 0.692 bits per heavy atom. The van der Waals surface area contributed by atoms with E-state index in [1.54, 1.807) is 10.4 Å². The Hall–Kier alpha value is -1.91. The van der Waals surface area contributed by atoms with Crippen molar-refractivity contribution >= 4 is 58.8 Å². The van der Waals surface area contributed by atoms with Gasteiger partial charge in [-0.25, -0.2) is 0 Å². The lowest BCUT2D eigenvalue weighted by atomic mass is 9.94. The molecule has 4 rings (SSSR count). The van der Waals surface area contributed by atoms with Crippen LogP contribution < -0.4 is 10.4 Å².